The van der Waals surface area contributed by atoms with Crippen LogP contribution < -0.4 is 10.9 Å². The number of hydrogen-bond donors (Lipinski definition) is 2. The van der Waals surface area contributed by atoms with Gasteiger partial charge in [0.1, 0.15) is 10.7 Å². The lowest BCUT2D eigenvalue weighted by molar-refractivity contribution is 0.405. The van der Waals surface area contributed by atoms with Crippen LogP contribution in [0.1, 0.15) is 74.5 Å². The van der Waals surface area contributed by atoms with Gasteiger partial charge in [0.15, 0.2) is 0 Å². The molecule has 4 nitrogen and oxygen atoms in total. The summed E-state index contributed by atoms with van der Waals surface area (Å²) in [7, 11) is 0. The van der Waals surface area contributed by atoms with Gasteiger partial charge in [0.25, 0.3) is 5.56 Å². The molecular formula is C24H31N3OS. The minimum Gasteiger partial charge on any atom is -0.309 e. The standard InChI is InChI=1S/C24H31N3OS/c1-14(2)21(15-9-11-16(12-10-15)24(3,4)5)25-13-19-26-22(28)20-17-7-6-8-18(17)29-23(20)27-19/h9-12,14,21,25H,6-8,13H2,1-5H3,(H,26,27,28). The van der Waals surface area contributed by atoms with E-state index in [-0.39, 0.29) is 17.0 Å². The van der Waals surface area contributed by atoms with Crippen molar-refractivity contribution in [2.24, 2.45) is 5.92 Å². The molecule has 0 spiro atoms. The summed E-state index contributed by atoms with van der Waals surface area (Å²) in [6, 6.07) is 9.11. The molecular weight excluding hydrogens is 378 g/mol. The van der Waals surface area contributed by atoms with Crippen molar-refractivity contribution in [1.29, 1.82) is 0 Å². The van der Waals surface area contributed by atoms with Gasteiger partial charge in [-0.15, -0.1) is 11.3 Å². The lowest BCUT2D eigenvalue weighted by atomic mass is 9.85. The number of nitrogens with one attached hydrogen (secondary N) is 2. The van der Waals surface area contributed by atoms with E-state index in [2.05, 4.69) is 69.2 Å². The number of aryl methyl sites for hydroxylation is 2. The van der Waals surface area contributed by atoms with E-state index in [1.807, 2.05) is 0 Å². The Morgan fingerprint density at radius 2 is 1.90 bits per heavy atom. The molecule has 2 aromatic heterocycles. The van der Waals surface area contributed by atoms with Gasteiger partial charge in [-0.25, -0.2) is 4.98 Å². The molecule has 2 N–H and O–H groups in total. The third kappa shape index (κ3) is 4.03. The van der Waals surface area contributed by atoms with Crippen LogP contribution in [0.2, 0.25) is 0 Å². The molecule has 0 saturated heterocycles. The summed E-state index contributed by atoms with van der Waals surface area (Å²) in [6.07, 6.45) is 3.25. The van der Waals surface area contributed by atoms with Crippen LogP contribution in [0.5, 0.6) is 0 Å². The zero-order chi connectivity index (χ0) is 20.8. The summed E-state index contributed by atoms with van der Waals surface area (Å²) in [5.41, 5.74) is 4.01. The molecule has 29 heavy (non-hydrogen) atoms. The van der Waals surface area contributed by atoms with Crippen LogP contribution >= 0.6 is 11.3 Å². The quantitative estimate of drug-likeness (QED) is 0.604. The molecule has 4 rings (SSSR count). The second-order valence-electron chi connectivity index (χ2n) is 9.52. The van der Waals surface area contributed by atoms with E-state index >= 15 is 0 Å². The molecule has 1 atom stereocenters. The molecule has 1 aliphatic carbocycles. The molecule has 3 aromatic rings. The van der Waals surface area contributed by atoms with Crippen LogP contribution in [-0.4, -0.2) is 9.97 Å². The number of hydrogen-bond acceptors (Lipinski definition) is 4. The first-order valence-corrected chi connectivity index (χ1v) is 11.4. The van der Waals surface area contributed by atoms with Crippen LogP contribution in [-0.2, 0) is 24.8 Å². The molecule has 5 heteroatoms. The molecule has 154 valence electrons. The van der Waals surface area contributed by atoms with Gasteiger partial charge < -0.3 is 10.3 Å². The van der Waals surface area contributed by atoms with Crippen LogP contribution in [0, 0.1) is 5.92 Å². The smallest absolute Gasteiger partial charge is 0.259 e. The van der Waals surface area contributed by atoms with E-state index in [0.29, 0.717) is 12.5 Å². The number of nitrogens with zero attached hydrogens (tertiary/aromatic N) is 1. The fourth-order valence-corrected chi connectivity index (χ4v) is 5.55. The summed E-state index contributed by atoms with van der Waals surface area (Å²) in [6.45, 7) is 11.7. The number of aromatic nitrogens is 2. The summed E-state index contributed by atoms with van der Waals surface area (Å²) in [4.78, 5) is 22.7. The van der Waals surface area contributed by atoms with Crippen LogP contribution in [0.25, 0.3) is 10.2 Å². The minimum atomic E-state index is 0.0156. The third-order valence-electron chi connectivity index (χ3n) is 5.92. The maximum absolute atomic E-state index is 12.7. The van der Waals surface area contributed by atoms with Gasteiger partial charge in [0.05, 0.1) is 11.9 Å². The molecule has 2 heterocycles. The van der Waals surface area contributed by atoms with E-state index in [4.69, 9.17) is 4.98 Å². The van der Waals surface area contributed by atoms with Gasteiger partial charge in [-0.2, -0.15) is 0 Å². The molecule has 0 fully saturated rings. The number of benzene rings is 1. The summed E-state index contributed by atoms with van der Waals surface area (Å²) in [5, 5.41) is 4.45. The third-order valence-corrected chi connectivity index (χ3v) is 7.10. The van der Waals surface area contributed by atoms with E-state index in [9.17, 15) is 4.79 Å². The maximum atomic E-state index is 12.7. The van der Waals surface area contributed by atoms with E-state index in [1.165, 1.54) is 21.6 Å². The first kappa shape index (κ1) is 20.3. The predicted octanol–water partition coefficient (Wildman–Crippen LogP) is 5.26. The predicted molar refractivity (Wildman–Crippen MR) is 122 cm³/mol. The van der Waals surface area contributed by atoms with Crippen molar-refractivity contribution in [2.75, 3.05) is 0 Å². The average Bonchev–Trinajstić information content (AvgIpc) is 3.22. The largest absolute Gasteiger partial charge is 0.309 e. The number of aromatic amines is 1. The van der Waals surface area contributed by atoms with Crippen molar-refractivity contribution in [2.45, 2.75) is 71.9 Å². The average molecular weight is 410 g/mol. The Balaban J connectivity index is 1.55. The van der Waals surface area contributed by atoms with Gasteiger partial charge in [0.2, 0.25) is 0 Å². The first-order chi connectivity index (χ1) is 13.7. The Bertz CT molecular complexity index is 1070. The fourth-order valence-electron chi connectivity index (χ4n) is 4.27. The SMILES string of the molecule is CC(C)C(NCc1nc2sc3c(c2c(=O)[nH]1)CCC3)c1ccc(C(C)(C)C)cc1. The number of rotatable bonds is 5. The molecule has 0 amide bonds. The Hall–Kier alpha value is -1.98. The van der Waals surface area contributed by atoms with Crippen molar-refractivity contribution >= 4 is 21.6 Å². The normalized spacial score (nSPS) is 15.2. The second-order valence-corrected chi connectivity index (χ2v) is 10.6. The lowest BCUT2D eigenvalue weighted by Crippen LogP contribution is -2.27. The van der Waals surface area contributed by atoms with Gasteiger partial charge in [-0.3, -0.25) is 4.79 Å². The first-order valence-electron chi connectivity index (χ1n) is 10.6. The van der Waals surface area contributed by atoms with Crippen molar-refractivity contribution in [3.63, 3.8) is 0 Å². The molecule has 0 bridgehead atoms. The highest BCUT2D eigenvalue weighted by atomic mass is 32.1. The summed E-state index contributed by atoms with van der Waals surface area (Å²) < 4.78 is 0. The molecule has 1 aromatic carbocycles. The number of H-pyrrole nitrogens is 1. The van der Waals surface area contributed by atoms with Crippen molar-refractivity contribution in [3.8, 4) is 0 Å². The van der Waals surface area contributed by atoms with Crippen LogP contribution in [0.3, 0.4) is 0 Å². The Morgan fingerprint density at radius 1 is 1.17 bits per heavy atom. The summed E-state index contributed by atoms with van der Waals surface area (Å²) >= 11 is 1.70. The topological polar surface area (TPSA) is 57.8 Å². The lowest BCUT2D eigenvalue weighted by Gasteiger charge is -2.25. The Kier molecular flexibility index (Phi) is 5.38. The molecule has 0 radical (unpaired) electrons. The number of thiophene rings is 1. The van der Waals surface area contributed by atoms with Gasteiger partial charge in [-0.1, -0.05) is 58.9 Å². The molecule has 1 aliphatic rings. The van der Waals surface area contributed by atoms with Crippen LogP contribution in [0.15, 0.2) is 29.1 Å². The van der Waals surface area contributed by atoms with Gasteiger partial charge in [-0.05, 0) is 47.3 Å². The highest BCUT2D eigenvalue weighted by molar-refractivity contribution is 7.18. The molecule has 1 unspecified atom stereocenters. The van der Waals surface area contributed by atoms with E-state index in [0.717, 1.165) is 35.3 Å². The van der Waals surface area contributed by atoms with E-state index < -0.39 is 0 Å². The van der Waals surface area contributed by atoms with E-state index in [1.54, 1.807) is 11.3 Å². The van der Waals surface area contributed by atoms with Gasteiger partial charge >= 0.3 is 0 Å². The van der Waals surface area contributed by atoms with Crippen molar-refractivity contribution < 1.29 is 0 Å². The van der Waals surface area contributed by atoms with Crippen molar-refractivity contribution in [1.82, 2.24) is 15.3 Å². The zero-order valence-electron chi connectivity index (χ0n) is 18.1. The Morgan fingerprint density at radius 3 is 2.55 bits per heavy atom. The molecule has 0 saturated carbocycles. The highest BCUT2D eigenvalue weighted by Gasteiger charge is 2.22. The highest BCUT2D eigenvalue weighted by Crippen LogP contribution is 2.34. The van der Waals surface area contributed by atoms with Gasteiger partial charge in [0, 0.05) is 10.9 Å². The fraction of sp³-hybridized carbons (Fsp3) is 0.500. The van der Waals surface area contributed by atoms with Crippen LogP contribution in [0.4, 0.5) is 0 Å². The summed E-state index contributed by atoms with van der Waals surface area (Å²) in [5.74, 6) is 1.15. The molecule has 0 aliphatic heterocycles. The monoisotopic (exact) mass is 409 g/mol. The van der Waals surface area contributed by atoms with Crippen molar-refractivity contribution in [3.05, 3.63) is 62.0 Å². The zero-order valence-corrected chi connectivity index (χ0v) is 18.9. The minimum absolute atomic E-state index is 0.0156. The Labute approximate surface area is 176 Å². The second kappa shape index (κ2) is 7.69. The maximum Gasteiger partial charge on any atom is 0.259 e. The number of fused-ring (bicyclic) bond motifs is 3.